The fourth-order valence-corrected chi connectivity index (χ4v) is 1.25. The molecule has 0 aromatic carbocycles. The summed E-state index contributed by atoms with van der Waals surface area (Å²) >= 11 is 5.59. The minimum atomic E-state index is -0.934. The maximum Gasteiger partial charge on any atom is 0.119 e. The van der Waals surface area contributed by atoms with E-state index in [9.17, 15) is 10.2 Å². The van der Waals surface area contributed by atoms with E-state index in [0.717, 1.165) is 12.0 Å². The molecule has 2 atom stereocenters. The zero-order valence-corrected chi connectivity index (χ0v) is 7.04. The zero-order chi connectivity index (χ0) is 8.43. The third-order valence-corrected chi connectivity index (χ3v) is 2.18. The molecule has 0 fully saturated rings. The Bertz CT molecular complexity index is 208. The highest BCUT2D eigenvalue weighted by Crippen LogP contribution is 2.23. The van der Waals surface area contributed by atoms with E-state index in [0.29, 0.717) is 5.03 Å². The van der Waals surface area contributed by atoms with E-state index in [1.165, 1.54) is 0 Å². The fourth-order valence-electron chi connectivity index (χ4n) is 1.06. The molecule has 0 spiro atoms. The fraction of sp³-hybridized carbons (Fsp3) is 0.500. The molecule has 62 valence electrons. The summed E-state index contributed by atoms with van der Waals surface area (Å²) in [6.07, 6.45) is 2.35. The largest absolute Gasteiger partial charge is 0.386 e. The summed E-state index contributed by atoms with van der Waals surface area (Å²) < 4.78 is 0. The first-order valence-corrected chi connectivity index (χ1v) is 3.97. The lowest BCUT2D eigenvalue weighted by molar-refractivity contribution is 0.0667. The van der Waals surface area contributed by atoms with Crippen molar-refractivity contribution < 1.29 is 10.2 Å². The lowest BCUT2D eigenvalue weighted by Gasteiger charge is -2.22. The molecule has 1 rings (SSSR count). The second-order valence-electron chi connectivity index (χ2n) is 2.54. The molecular formula is C8H11ClO2. The molecule has 11 heavy (non-hydrogen) atoms. The smallest absolute Gasteiger partial charge is 0.119 e. The Kier molecular flexibility index (Phi) is 2.71. The summed E-state index contributed by atoms with van der Waals surface area (Å²) in [4.78, 5) is 0. The van der Waals surface area contributed by atoms with Crippen molar-refractivity contribution in [2.24, 2.45) is 0 Å². The van der Waals surface area contributed by atoms with Crippen molar-refractivity contribution >= 4 is 11.6 Å². The first-order valence-electron chi connectivity index (χ1n) is 3.59. The second kappa shape index (κ2) is 3.39. The lowest BCUT2D eigenvalue weighted by atomic mass is 9.97. The molecule has 0 saturated carbocycles. The number of halogens is 1. The van der Waals surface area contributed by atoms with Gasteiger partial charge in [-0.05, 0) is 18.1 Å². The molecule has 2 N–H and O–H groups in total. The molecule has 0 amide bonds. The van der Waals surface area contributed by atoms with Gasteiger partial charge in [0, 0.05) is 5.03 Å². The van der Waals surface area contributed by atoms with Crippen molar-refractivity contribution in [2.75, 3.05) is 0 Å². The van der Waals surface area contributed by atoms with Crippen LogP contribution in [0.1, 0.15) is 13.3 Å². The van der Waals surface area contributed by atoms with E-state index in [-0.39, 0.29) is 0 Å². The third kappa shape index (κ3) is 1.64. The molecule has 0 saturated heterocycles. The number of allylic oxidation sites excluding steroid dienone is 2. The molecule has 0 heterocycles. The minimum absolute atomic E-state index is 0.301. The maximum atomic E-state index is 9.36. The van der Waals surface area contributed by atoms with E-state index in [4.69, 9.17) is 11.6 Å². The van der Waals surface area contributed by atoms with Crippen LogP contribution in [-0.4, -0.2) is 22.4 Å². The average molecular weight is 175 g/mol. The number of aliphatic hydroxyl groups excluding tert-OH is 2. The molecular weight excluding hydrogens is 164 g/mol. The van der Waals surface area contributed by atoms with Crippen LogP contribution >= 0.6 is 11.6 Å². The quantitative estimate of drug-likeness (QED) is 0.627. The highest BCUT2D eigenvalue weighted by molar-refractivity contribution is 6.30. The summed E-state index contributed by atoms with van der Waals surface area (Å²) in [5.41, 5.74) is 0.821. The van der Waals surface area contributed by atoms with Crippen molar-refractivity contribution in [3.8, 4) is 0 Å². The normalized spacial score (nSPS) is 31.3. The predicted molar refractivity (Wildman–Crippen MR) is 44.3 cm³/mol. The van der Waals surface area contributed by atoms with Crippen LogP contribution in [0.4, 0.5) is 0 Å². The van der Waals surface area contributed by atoms with Crippen LogP contribution in [0, 0.1) is 0 Å². The van der Waals surface area contributed by atoms with Gasteiger partial charge in [0.05, 0.1) is 0 Å². The Hall–Kier alpha value is -0.310. The minimum Gasteiger partial charge on any atom is -0.386 e. The summed E-state index contributed by atoms with van der Waals surface area (Å²) in [7, 11) is 0. The zero-order valence-electron chi connectivity index (χ0n) is 6.29. The van der Waals surface area contributed by atoms with Gasteiger partial charge in [-0.1, -0.05) is 24.6 Å². The van der Waals surface area contributed by atoms with E-state index >= 15 is 0 Å². The first kappa shape index (κ1) is 8.78. The average Bonchev–Trinajstić information content (AvgIpc) is 2.01. The van der Waals surface area contributed by atoms with Gasteiger partial charge < -0.3 is 10.2 Å². The van der Waals surface area contributed by atoms with Gasteiger partial charge in [-0.3, -0.25) is 0 Å². The molecule has 3 heteroatoms. The van der Waals surface area contributed by atoms with Crippen LogP contribution in [0.5, 0.6) is 0 Å². The third-order valence-electron chi connectivity index (χ3n) is 1.83. The van der Waals surface area contributed by atoms with Crippen LogP contribution < -0.4 is 0 Å². The number of aliphatic hydroxyl groups is 2. The van der Waals surface area contributed by atoms with Gasteiger partial charge in [0.25, 0.3) is 0 Å². The Labute approximate surface area is 70.8 Å². The SMILES string of the molecule is CCC1=CC=C(Cl)[C@H](O)[C@@H]1O. The topological polar surface area (TPSA) is 40.5 Å². The second-order valence-corrected chi connectivity index (χ2v) is 2.97. The van der Waals surface area contributed by atoms with Crippen LogP contribution in [0.3, 0.4) is 0 Å². The van der Waals surface area contributed by atoms with Gasteiger partial charge in [0.15, 0.2) is 0 Å². The standard InChI is InChI=1S/C8H11ClO2/c1-2-5-3-4-6(9)8(11)7(5)10/h3-4,7-8,10-11H,2H2,1H3/t7-,8+/m1/s1. The summed E-state index contributed by atoms with van der Waals surface area (Å²) in [5, 5.41) is 18.9. The van der Waals surface area contributed by atoms with Crippen molar-refractivity contribution in [3.05, 3.63) is 22.8 Å². The van der Waals surface area contributed by atoms with E-state index in [1.807, 2.05) is 6.92 Å². The Balaban J connectivity index is 2.84. The van der Waals surface area contributed by atoms with Crippen molar-refractivity contribution in [1.82, 2.24) is 0 Å². The predicted octanol–water partition coefficient (Wildman–Crippen LogP) is 1.18. The molecule has 1 aliphatic rings. The number of hydrogen-bond donors (Lipinski definition) is 2. The summed E-state index contributed by atoms with van der Waals surface area (Å²) in [6, 6.07) is 0. The molecule has 0 aromatic heterocycles. The van der Waals surface area contributed by atoms with Gasteiger partial charge in [-0.15, -0.1) is 0 Å². The van der Waals surface area contributed by atoms with Crippen LogP contribution in [-0.2, 0) is 0 Å². The molecule has 0 aliphatic heterocycles. The lowest BCUT2D eigenvalue weighted by Crippen LogP contribution is -2.29. The first-order chi connectivity index (χ1) is 5.16. The molecule has 0 unspecified atom stereocenters. The summed E-state index contributed by atoms with van der Waals surface area (Å²) in [6.45, 7) is 1.93. The molecule has 1 aliphatic carbocycles. The van der Waals surface area contributed by atoms with E-state index in [1.54, 1.807) is 12.2 Å². The van der Waals surface area contributed by atoms with Crippen molar-refractivity contribution in [3.63, 3.8) is 0 Å². The van der Waals surface area contributed by atoms with Gasteiger partial charge in [0.2, 0.25) is 0 Å². The number of rotatable bonds is 1. The van der Waals surface area contributed by atoms with Gasteiger partial charge >= 0.3 is 0 Å². The van der Waals surface area contributed by atoms with Crippen molar-refractivity contribution in [2.45, 2.75) is 25.6 Å². The van der Waals surface area contributed by atoms with Crippen LogP contribution in [0.2, 0.25) is 0 Å². The Morgan fingerprint density at radius 2 is 2.00 bits per heavy atom. The van der Waals surface area contributed by atoms with E-state index < -0.39 is 12.2 Å². The monoisotopic (exact) mass is 174 g/mol. The molecule has 0 aromatic rings. The highest BCUT2D eigenvalue weighted by Gasteiger charge is 2.24. The van der Waals surface area contributed by atoms with Crippen LogP contribution in [0.25, 0.3) is 0 Å². The highest BCUT2D eigenvalue weighted by atomic mass is 35.5. The Morgan fingerprint density at radius 1 is 1.36 bits per heavy atom. The van der Waals surface area contributed by atoms with Crippen molar-refractivity contribution in [1.29, 1.82) is 0 Å². The molecule has 0 radical (unpaired) electrons. The van der Waals surface area contributed by atoms with Crippen LogP contribution in [0.15, 0.2) is 22.8 Å². The molecule has 2 nitrogen and oxygen atoms in total. The maximum absolute atomic E-state index is 9.36. The molecule has 0 bridgehead atoms. The van der Waals surface area contributed by atoms with E-state index in [2.05, 4.69) is 0 Å². The van der Waals surface area contributed by atoms with Gasteiger partial charge in [0.1, 0.15) is 12.2 Å². The number of hydrogen-bond acceptors (Lipinski definition) is 2. The van der Waals surface area contributed by atoms with Gasteiger partial charge in [-0.25, -0.2) is 0 Å². The van der Waals surface area contributed by atoms with Gasteiger partial charge in [-0.2, -0.15) is 0 Å². The summed E-state index contributed by atoms with van der Waals surface area (Å²) in [5.74, 6) is 0. The Morgan fingerprint density at radius 3 is 2.55 bits per heavy atom.